The molecule has 1 atom stereocenters. The molecule has 1 fully saturated rings. The molecule has 0 saturated heterocycles. The van der Waals surface area contributed by atoms with Crippen molar-refractivity contribution in [3.05, 3.63) is 24.0 Å². The Balaban J connectivity index is 1.59. The van der Waals surface area contributed by atoms with Gasteiger partial charge in [0.05, 0.1) is 5.39 Å². The van der Waals surface area contributed by atoms with Crippen molar-refractivity contribution in [2.75, 3.05) is 0 Å². The van der Waals surface area contributed by atoms with Gasteiger partial charge in [0.15, 0.2) is 5.65 Å². The van der Waals surface area contributed by atoms with Crippen molar-refractivity contribution in [3.8, 4) is 0 Å². The van der Waals surface area contributed by atoms with Gasteiger partial charge < -0.3 is 5.32 Å². The molecule has 0 unspecified atom stereocenters. The molecule has 1 aliphatic rings. The van der Waals surface area contributed by atoms with E-state index < -0.39 is 0 Å². The largest absolute Gasteiger partial charge is 0.348 e. The quantitative estimate of drug-likeness (QED) is 0.910. The Morgan fingerprint density at radius 1 is 1.41 bits per heavy atom. The molecule has 118 valence electrons. The first-order chi connectivity index (χ1) is 10.6. The molecule has 2 aromatic heterocycles. The summed E-state index contributed by atoms with van der Waals surface area (Å²) in [6.07, 6.45) is 7.96. The summed E-state index contributed by atoms with van der Waals surface area (Å²) in [7, 11) is 0. The number of aromatic nitrogens is 3. The van der Waals surface area contributed by atoms with Crippen LogP contribution in [0.25, 0.3) is 11.0 Å². The topological polar surface area (TPSA) is 70.7 Å². The van der Waals surface area contributed by atoms with Gasteiger partial charge in [-0.3, -0.25) is 9.89 Å². The summed E-state index contributed by atoms with van der Waals surface area (Å²) in [6, 6.07) is 3.87. The van der Waals surface area contributed by atoms with Crippen molar-refractivity contribution in [3.63, 3.8) is 0 Å². The molecule has 0 radical (unpaired) electrons. The van der Waals surface area contributed by atoms with Gasteiger partial charge in [0, 0.05) is 12.2 Å². The number of nitrogens with one attached hydrogen (secondary N) is 2. The van der Waals surface area contributed by atoms with Gasteiger partial charge in [-0.15, -0.1) is 0 Å². The number of H-pyrrole nitrogens is 1. The molecule has 0 aliphatic heterocycles. The highest BCUT2D eigenvalue weighted by Crippen LogP contribution is 2.31. The van der Waals surface area contributed by atoms with Gasteiger partial charge in [0.25, 0.3) is 5.91 Å². The number of pyridine rings is 1. The third-order valence-electron chi connectivity index (χ3n) is 4.76. The SMILES string of the molecule is CC1CCC(C[C@@H](C)NC(=O)c2[nH]nc3ncccc23)CC1. The van der Waals surface area contributed by atoms with Crippen LogP contribution >= 0.6 is 0 Å². The van der Waals surface area contributed by atoms with Gasteiger partial charge >= 0.3 is 0 Å². The van der Waals surface area contributed by atoms with Crippen molar-refractivity contribution in [1.82, 2.24) is 20.5 Å². The first-order valence-corrected chi connectivity index (χ1v) is 8.23. The maximum atomic E-state index is 12.4. The lowest BCUT2D eigenvalue weighted by molar-refractivity contribution is 0.0928. The monoisotopic (exact) mass is 300 g/mol. The third-order valence-corrected chi connectivity index (χ3v) is 4.76. The molecule has 22 heavy (non-hydrogen) atoms. The first kappa shape index (κ1) is 15.0. The molecule has 2 aromatic rings. The second kappa shape index (κ2) is 6.46. The highest BCUT2D eigenvalue weighted by molar-refractivity contribution is 6.03. The number of hydrogen-bond donors (Lipinski definition) is 2. The lowest BCUT2D eigenvalue weighted by Crippen LogP contribution is -2.35. The lowest BCUT2D eigenvalue weighted by Gasteiger charge is -2.28. The van der Waals surface area contributed by atoms with Crippen LogP contribution in [0.2, 0.25) is 0 Å². The van der Waals surface area contributed by atoms with Crippen molar-refractivity contribution in [2.45, 2.75) is 52.0 Å². The number of amides is 1. The van der Waals surface area contributed by atoms with Crippen molar-refractivity contribution in [1.29, 1.82) is 0 Å². The summed E-state index contributed by atoms with van der Waals surface area (Å²) < 4.78 is 0. The zero-order valence-electron chi connectivity index (χ0n) is 13.3. The van der Waals surface area contributed by atoms with E-state index in [9.17, 15) is 4.79 Å². The van der Waals surface area contributed by atoms with E-state index in [0.29, 0.717) is 11.3 Å². The predicted molar refractivity (Wildman–Crippen MR) is 86.6 cm³/mol. The number of carbonyl (C=O) groups is 1. The van der Waals surface area contributed by atoms with Crippen LogP contribution in [0.15, 0.2) is 18.3 Å². The average molecular weight is 300 g/mol. The fourth-order valence-electron chi connectivity index (χ4n) is 3.44. The summed E-state index contributed by atoms with van der Waals surface area (Å²) in [5.41, 5.74) is 1.09. The van der Waals surface area contributed by atoms with Gasteiger partial charge in [-0.2, -0.15) is 5.10 Å². The van der Waals surface area contributed by atoms with Crippen molar-refractivity contribution in [2.24, 2.45) is 11.8 Å². The molecule has 5 nitrogen and oxygen atoms in total. The Morgan fingerprint density at radius 2 is 2.18 bits per heavy atom. The fraction of sp³-hybridized carbons (Fsp3) is 0.588. The first-order valence-electron chi connectivity index (χ1n) is 8.23. The van der Waals surface area contributed by atoms with Crippen molar-refractivity contribution < 1.29 is 4.79 Å². The molecule has 3 rings (SSSR count). The molecule has 1 saturated carbocycles. The molecule has 5 heteroatoms. The number of rotatable bonds is 4. The molecule has 0 aromatic carbocycles. The van der Waals surface area contributed by atoms with Crippen LogP contribution in [0.3, 0.4) is 0 Å². The zero-order valence-corrected chi connectivity index (χ0v) is 13.3. The predicted octanol–water partition coefficient (Wildman–Crippen LogP) is 3.29. The fourth-order valence-corrected chi connectivity index (χ4v) is 3.44. The summed E-state index contributed by atoms with van der Waals surface area (Å²) in [5.74, 6) is 1.52. The van der Waals surface area contributed by atoms with E-state index in [1.54, 1.807) is 6.20 Å². The molecular formula is C17H24N4O. The average Bonchev–Trinajstić information content (AvgIpc) is 2.93. The number of aromatic amines is 1. The molecule has 1 amide bonds. The minimum Gasteiger partial charge on any atom is -0.348 e. The van der Waals surface area contributed by atoms with Crippen LogP contribution in [-0.2, 0) is 0 Å². The van der Waals surface area contributed by atoms with Gasteiger partial charge in [0.1, 0.15) is 5.69 Å². The van der Waals surface area contributed by atoms with E-state index in [2.05, 4.69) is 34.3 Å². The van der Waals surface area contributed by atoms with E-state index >= 15 is 0 Å². The van der Waals surface area contributed by atoms with Crippen molar-refractivity contribution >= 4 is 16.9 Å². The minimum atomic E-state index is -0.0906. The third kappa shape index (κ3) is 3.29. The smallest absolute Gasteiger partial charge is 0.270 e. The van der Waals surface area contributed by atoms with Crippen LogP contribution in [0.1, 0.15) is 56.4 Å². The van der Waals surface area contributed by atoms with Gasteiger partial charge in [0.2, 0.25) is 0 Å². The van der Waals surface area contributed by atoms with E-state index in [-0.39, 0.29) is 11.9 Å². The van der Waals surface area contributed by atoms with E-state index in [1.807, 2.05) is 12.1 Å². The number of fused-ring (bicyclic) bond motifs is 1. The van der Waals surface area contributed by atoms with Crippen LogP contribution in [-0.4, -0.2) is 27.1 Å². The molecule has 2 N–H and O–H groups in total. The minimum absolute atomic E-state index is 0.0906. The Hall–Kier alpha value is -1.91. The molecular weight excluding hydrogens is 276 g/mol. The molecule has 2 heterocycles. The Bertz CT molecular complexity index is 643. The lowest BCUT2D eigenvalue weighted by atomic mass is 9.80. The van der Waals surface area contributed by atoms with Gasteiger partial charge in [-0.25, -0.2) is 4.98 Å². The molecule has 0 spiro atoms. The summed E-state index contributed by atoms with van der Waals surface area (Å²) in [5, 5.41) is 10.7. The standard InChI is InChI=1S/C17H24N4O/c1-11-5-7-13(8-6-11)10-12(2)19-17(22)15-14-4-3-9-18-16(14)21-20-15/h3-4,9,11-13H,5-8,10H2,1-2H3,(H,19,22)(H,18,20,21)/t11?,12-,13?/m1/s1. The number of nitrogens with zero attached hydrogens (tertiary/aromatic N) is 2. The molecule has 1 aliphatic carbocycles. The summed E-state index contributed by atoms with van der Waals surface area (Å²) in [4.78, 5) is 16.6. The number of hydrogen-bond acceptors (Lipinski definition) is 3. The number of carbonyl (C=O) groups excluding carboxylic acids is 1. The highest BCUT2D eigenvalue weighted by Gasteiger charge is 2.22. The van der Waals surface area contributed by atoms with Crippen LogP contribution < -0.4 is 5.32 Å². The Morgan fingerprint density at radius 3 is 2.95 bits per heavy atom. The maximum absolute atomic E-state index is 12.4. The van der Waals surface area contributed by atoms with Crippen LogP contribution in [0.5, 0.6) is 0 Å². The highest BCUT2D eigenvalue weighted by atomic mass is 16.2. The molecule has 0 bridgehead atoms. The van der Waals surface area contributed by atoms with Gasteiger partial charge in [-0.1, -0.05) is 32.6 Å². The van der Waals surface area contributed by atoms with E-state index in [0.717, 1.165) is 23.6 Å². The Kier molecular flexibility index (Phi) is 4.41. The zero-order chi connectivity index (χ0) is 15.5. The van der Waals surface area contributed by atoms with Crippen LogP contribution in [0.4, 0.5) is 0 Å². The Labute approximate surface area is 130 Å². The summed E-state index contributed by atoms with van der Waals surface area (Å²) >= 11 is 0. The maximum Gasteiger partial charge on any atom is 0.270 e. The van der Waals surface area contributed by atoms with E-state index in [4.69, 9.17) is 0 Å². The van der Waals surface area contributed by atoms with Gasteiger partial charge in [-0.05, 0) is 37.3 Å². The summed E-state index contributed by atoms with van der Waals surface area (Å²) in [6.45, 7) is 4.42. The second-order valence-electron chi connectivity index (χ2n) is 6.71. The normalized spacial score (nSPS) is 23.4. The van der Waals surface area contributed by atoms with E-state index in [1.165, 1.54) is 25.7 Å². The second-order valence-corrected chi connectivity index (χ2v) is 6.71. The van der Waals surface area contributed by atoms with Crippen LogP contribution in [0, 0.1) is 11.8 Å².